The lowest BCUT2D eigenvalue weighted by molar-refractivity contribution is -0.688. The topological polar surface area (TPSA) is 117 Å². The first-order valence-corrected chi connectivity index (χ1v) is 7.33. The SMILES string of the molecule is COc1nc2cc([N+](=O)[O-])cc(C[n+]3ccc(N)cc3)c2nc1OC. The molecule has 2 N–H and O–H groups in total. The van der Waals surface area contributed by atoms with Gasteiger partial charge in [0, 0.05) is 30.0 Å². The van der Waals surface area contributed by atoms with Gasteiger partial charge >= 0.3 is 0 Å². The number of hydrogen-bond donors (Lipinski definition) is 1. The monoisotopic (exact) mass is 342 g/mol. The molecular formula is C16H16N5O4+. The molecule has 0 bridgehead atoms. The number of methoxy groups -OCH3 is 2. The van der Waals surface area contributed by atoms with Crippen molar-refractivity contribution in [2.24, 2.45) is 0 Å². The lowest BCUT2D eigenvalue weighted by Crippen LogP contribution is -2.33. The Labute approximate surface area is 142 Å². The number of benzene rings is 1. The maximum Gasteiger partial charge on any atom is 0.278 e. The molecule has 0 aliphatic rings. The van der Waals surface area contributed by atoms with Crippen molar-refractivity contribution < 1.29 is 19.0 Å². The van der Waals surface area contributed by atoms with Gasteiger partial charge in [-0.3, -0.25) is 10.1 Å². The average molecular weight is 342 g/mol. The van der Waals surface area contributed by atoms with Crippen molar-refractivity contribution in [1.29, 1.82) is 0 Å². The normalized spacial score (nSPS) is 10.6. The highest BCUT2D eigenvalue weighted by Crippen LogP contribution is 2.29. The number of non-ortho nitro benzene ring substituents is 1. The van der Waals surface area contributed by atoms with Gasteiger partial charge < -0.3 is 15.2 Å². The molecule has 3 aromatic rings. The fourth-order valence-electron chi connectivity index (χ4n) is 2.45. The van der Waals surface area contributed by atoms with Gasteiger partial charge in [0.15, 0.2) is 18.9 Å². The van der Waals surface area contributed by atoms with Crippen molar-refractivity contribution in [2.75, 3.05) is 20.0 Å². The van der Waals surface area contributed by atoms with Crippen LogP contribution in [0.1, 0.15) is 5.56 Å². The lowest BCUT2D eigenvalue weighted by Gasteiger charge is -2.09. The largest absolute Gasteiger partial charge is 0.477 e. The fourth-order valence-corrected chi connectivity index (χ4v) is 2.45. The third-order valence-corrected chi connectivity index (χ3v) is 3.64. The summed E-state index contributed by atoms with van der Waals surface area (Å²) in [6.07, 6.45) is 3.57. The first-order valence-electron chi connectivity index (χ1n) is 7.33. The quantitative estimate of drug-likeness (QED) is 0.424. The first kappa shape index (κ1) is 16.4. The summed E-state index contributed by atoms with van der Waals surface area (Å²) in [5.41, 5.74) is 7.75. The van der Waals surface area contributed by atoms with E-state index in [2.05, 4.69) is 9.97 Å². The molecule has 0 amide bonds. The van der Waals surface area contributed by atoms with Gasteiger partial charge in [0.2, 0.25) is 0 Å². The van der Waals surface area contributed by atoms with Crippen molar-refractivity contribution in [2.45, 2.75) is 6.54 Å². The van der Waals surface area contributed by atoms with Gasteiger partial charge in [-0.1, -0.05) is 0 Å². The van der Waals surface area contributed by atoms with Crippen LogP contribution in [0.3, 0.4) is 0 Å². The van der Waals surface area contributed by atoms with E-state index in [9.17, 15) is 10.1 Å². The highest BCUT2D eigenvalue weighted by atomic mass is 16.6. The standard InChI is InChI=1S/C16H15N5O4/c1-24-15-16(25-2)19-14-10(9-20-5-3-11(17)4-6-20)7-12(21(22)23)8-13(14)18-15/h3-8,17H,9H2,1-2H3/p+1. The number of fused-ring (bicyclic) bond motifs is 1. The third kappa shape index (κ3) is 3.25. The van der Waals surface area contributed by atoms with E-state index in [1.807, 2.05) is 4.57 Å². The van der Waals surface area contributed by atoms with Gasteiger partial charge in [0.05, 0.1) is 24.7 Å². The highest BCUT2D eigenvalue weighted by Gasteiger charge is 2.19. The number of aromatic nitrogens is 3. The van der Waals surface area contributed by atoms with E-state index in [-0.39, 0.29) is 17.4 Å². The van der Waals surface area contributed by atoms with Crippen molar-refractivity contribution >= 4 is 22.4 Å². The minimum absolute atomic E-state index is 0.0694. The van der Waals surface area contributed by atoms with Crippen LogP contribution in [0.5, 0.6) is 11.8 Å². The molecular weight excluding hydrogens is 326 g/mol. The molecule has 0 aliphatic heterocycles. The molecule has 25 heavy (non-hydrogen) atoms. The predicted molar refractivity (Wildman–Crippen MR) is 89.4 cm³/mol. The van der Waals surface area contributed by atoms with Crippen LogP contribution >= 0.6 is 0 Å². The smallest absolute Gasteiger partial charge is 0.278 e. The van der Waals surface area contributed by atoms with E-state index >= 15 is 0 Å². The minimum atomic E-state index is -0.463. The zero-order valence-electron chi connectivity index (χ0n) is 13.7. The van der Waals surface area contributed by atoms with E-state index < -0.39 is 4.92 Å². The number of nitro benzene ring substituents is 1. The number of nitrogen functional groups attached to an aromatic ring is 1. The molecule has 0 saturated carbocycles. The van der Waals surface area contributed by atoms with Gasteiger partial charge in [0.1, 0.15) is 11.0 Å². The third-order valence-electron chi connectivity index (χ3n) is 3.64. The van der Waals surface area contributed by atoms with Gasteiger partial charge in [0.25, 0.3) is 17.4 Å². The summed E-state index contributed by atoms with van der Waals surface area (Å²) >= 11 is 0. The van der Waals surface area contributed by atoms with Crippen molar-refractivity contribution in [1.82, 2.24) is 9.97 Å². The van der Waals surface area contributed by atoms with Gasteiger partial charge in [-0.05, 0) is 0 Å². The number of hydrogen-bond acceptors (Lipinski definition) is 7. The molecule has 2 aromatic heterocycles. The molecule has 9 nitrogen and oxygen atoms in total. The summed E-state index contributed by atoms with van der Waals surface area (Å²) in [6, 6.07) is 6.33. The molecule has 0 aliphatic carbocycles. The zero-order chi connectivity index (χ0) is 18.0. The number of ether oxygens (including phenoxy) is 2. The summed E-state index contributed by atoms with van der Waals surface area (Å²) in [6.45, 7) is 0.364. The summed E-state index contributed by atoms with van der Waals surface area (Å²) in [4.78, 5) is 19.5. The molecule has 0 fully saturated rings. The van der Waals surface area contributed by atoms with Crippen LogP contribution < -0.4 is 19.8 Å². The van der Waals surface area contributed by atoms with Crippen molar-refractivity contribution in [3.63, 3.8) is 0 Å². The molecule has 0 atom stereocenters. The molecule has 9 heteroatoms. The van der Waals surface area contributed by atoms with Crippen LogP contribution in [0.4, 0.5) is 11.4 Å². The second-order valence-corrected chi connectivity index (χ2v) is 5.28. The Balaban J connectivity index is 2.19. The van der Waals surface area contributed by atoms with E-state index in [1.54, 1.807) is 24.5 Å². The summed E-state index contributed by atoms with van der Waals surface area (Å²) in [7, 11) is 2.89. The molecule has 0 unspecified atom stereocenters. The van der Waals surface area contributed by atoms with E-state index in [4.69, 9.17) is 15.2 Å². The Morgan fingerprint density at radius 1 is 1.16 bits per heavy atom. The van der Waals surface area contributed by atoms with Crippen LogP contribution in [-0.4, -0.2) is 29.1 Å². The Bertz CT molecular complexity index is 943. The molecule has 0 spiro atoms. The number of nitrogens with two attached hydrogens (primary N) is 1. The molecule has 1 aromatic carbocycles. The second-order valence-electron chi connectivity index (χ2n) is 5.28. The predicted octanol–water partition coefficient (Wildman–Crippen LogP) is 1.47. The highest BCUT2D eigenvalue weighted by molar-refractivity contribution is 5.82. The number of pyridine rings is 1. The number of rotatable bonds is 5. The van der Waals surface area contributed by atoms with Crippen LogP contribution in [-0.2, 0) is 6.54 Å². The van der Waals surface area contributed by atoms with Crippen LogP contribution in [0.2, 0.25) is 0 Å². The fraction of sp³-hybridized carbons (Fsp3) is 0.188. The molecule has 0 saturated heterocycles. The Morgan fingerprint density at radius 3 is 2.40 bits per heavy atom. The molecule has 128 valence electrons. The van der Waals surface area contributed by atoms with E-state index in [0.717, 1.165) is 0 Å². The number of nitrogens with zero attached hydrogens (tertiary/aromatic N) is 4. The van der Waals surface area contributed by atoms with Crippen molar-refractivity contribution in [3.05, 3.63) is 52.3 Å². The average Bonchev–Trinajstić information content (AvgIpc) is 2.62. The first-order chi connectivity index (χ1) is 12.0. The lowest BCUT2D eigenvalue weighted by atomic mass is 10.1. The number of nitro groups is 1. The Kier molecular flexibility index (Phi) is 4.29. The van der Waals surface area contributed by atoms with Gasteiger partial charge in [-0.2, -0.15) is 0 Å². The summed E-state index contributed by atoms with van der Waals surface area (Å²) in [5.74, 6) is 0.383. The maximum atomic E-state index is 11.2. The zero-order valence-corrected chi connectivity index (χ0v) is 13.7. The Hall–Kier alpha value is -3.49. The second kappa shape index (κ2) is 6.56. The molecule has 2 heterocycles. The van der Waals surface area contributed by atoms with Gasteiger partial charge in [-0.15, -0.1) is 0 Å². The summed E-state index contributed by atoms with van der Waals surface area (Å²) < 4.78 is 12.2. The van der Waals surface area contributed by atoms with E-state index in [0.29, 0.717) is 28.8 Å². The number of anilines is 1. The van der Waals surface area contributed by atoms with Gasteiger partial charge in [-0.25, -0.2) is 14.5 Å². The van der Waals surface area contributed by atoms with Crippen LogP contribution in [0.25, 0.3) is 11.0 Å². The Morgan fingerprint density at radius 2 is 1.80 bits per heavy atom. The van der Waals surface area contributed by atoms with Crippen LogP contribution in [0, 0.1) is 10.1 Å². The molecule has 3 rings (SSSR count). The molecule has 0 radical (unpaired) electrons. The minimum Gasteiger partial charge on any atom is -0.477 e. The van der Waals surface area contributed by atoms with Crippen LogP contribution in [0.15, 0.2) is 36.7 Å². The van der Waals surface area contributed by atoms with E-state index in [1.165, 1.54) is 26.4 Å². The summed E-state index contributed by atoms with van der Waals surface area (Å²) in [5, 5.41) is 11.2. The van der Waals surface area contributed by atoms with Crippen molar-refractivity contribution in [3.8, 4) is 11.8 Å². The maximum absolute atomic E-state index is 11.2.